The van der Waals surface area contributed by atoms with Crippen LogP contribution in [0, 0.1) is 21.7 Å². The minimum absolute atomic E-state index is 0.271. The number of nitrogens with zero attached hydrogens (tertiary/aromatic N) is 1. The van der Waals surface area contributed by atoms with Crippen molar-refractivity contribution in [1.29, 1.82) is 0 Å². The van der Waals surface area contributed by atoms with Crippen molar-refractivity contribution in [3.63, 3.8) is 0 Å². The van der Waals surface area contributed by atoms with E-state index in [2.05, 4.69) is 0 Å². The molecule has 0 unspecified atom stereocenters. The van der Waals surface area contributed by atoms with Crippen LogP contribution in [0.25, 0.3) is 0 Å². The highest BCUT2D eigenvalue weighted by atomic mass is 28.4. The average molecular weight is 247 g/mol. The van der Waals surface area contributed by atoms with E-state index in [0.717, 1.165) is 6.07 Å². The van der Waals surface area contributed by atoms with Gasteiger partial charge in [-0.3, -0.25) is 10.1 Å². The second-order valence-electron chi connectivity index (χ2n) is 4.21. The van der Waals surface area contributed by atoms with Crippen molar-refractivity contribution in [3.05, 3.63) is 33.9 Å². The number of hydrogen-bond donors (Lipinski definition) is 0. The molecule has 0 heterocycles. The SMILES string of the molecule is C[Si](C)(C)Oc1cc([N+](=O)[O-])c(F)cc1F. The first-order valence-electron chi connectivity index (χ1n) is 4.53. The van der Waals surface area contributed by atoms with E-state index in [0.29, 0.717) is 6.07 Å². The summed E-state index contributed by atoms with van der Waals surface area (Å²) in [6, 6.07) is 1.25. The Morgan fingerprint density at radius 1 is 1.25 bits per heavy atom. The standard InChI is InChI=1S/C9H11F2NO3Si/c1-16(2,3)15-9-5-8(12(13)14)6(10)4-7(9)11/h4-5H,1-3H3. The highest BCUT2D eigenvalue weighted by molar-refractivity contribution is 6.70. The molecule has 0 amide bonds. The van der Waals surface area contributed by atoms with Crippen LogP contribution in [0.3, 0.4) is 0 Å². The van der Waals surface area contributed by atoms with Gasteiger partial charge in [0.15, 0.2) is 5.82 Å². The number of nitro benzene ring substituents is 1. The summed E-state index contributed by atoms with van der Waals surface area (Å²) in [5.74, 6) is -2.40. The van der Waals surface area contributed by atoms with E-state index < -0.39 is 30.6 Å². The van der Waals surface area contributed by atoms with Gasteiger partial charge in [-0.05, 0) is 19.6 Å². The third-order valence-corrected chi connectivity index (χ3v) is 2.45. The summed E-state index contributed by atoms with van der Waals surface area (Å²) in [5.41, 5.74) is -0.783. The third kappa shape index (κ3) is 2.99. The summed E-state index contributed by atoms with van der Waals surface area (Å²) < 4.78 is 31.5. The van der Waals surface area contributed by atoms with E-state index >= 15 is 0 Å². The summed E-state index contributed by atoms with van der Waals surface area (Å²) in [6.45, 7) is 5.38. The van der Waals surface area contributed by atoms with Gasteiger partial charge in [0, 0.05) is 6.07 Å². The Morgan fingerprint density at radius 2 is 1.81 bits per heavy atom. The van der Waals surface area contributed by atoms with Crippen LogP contribution >= 0.6 is 0 Å². The molecule has 0 radical (unpaired) electrons. The van der Waals surface area contributed by atoms with E-state index in [-0.39, 0.29) is 5.75 Å². The first-order valence-corrected chi connectivity index (χ1v) is 7.94. The van der Waals surface area contributed by atoms with Crippen molar-refractivity contribution in [3.8, 4) is 5.75 Å². The van der Waals surface area contributed by atoms with Gasteiger partial charge in [0.1, 0.15) is 5.75 Å². The first kappa shape index (κ1) is 12.6. The molecular weight excluding hydrogens is 236 g/mol. The van der Waals surface area contributed by atoms with Crippen LogP contribution in [-0.4, -0.2) is 13.2 Å². The number of rotatable bonds is 3. The second kappa shape index (κ2) is 4.16. The highest BCUT2D eigenvalue weighted by Gasteiger charge is 2.23. The number of hydrogen-bond acceptors (Lipinski definition) is 3. The van der Waals surface area contributed by atoms with Gasteiger partial charge in [-0.25, -0.2) is 4.39 Å². The average Bonchev–Trinajstić information content (AvgIpc) is 2.07. The van der Waals surface area contributed by atoms with Gasteiger partial charge in [0.25, 0.3) is 0 Å². The minimum atomic E-state index is -2.09. The molecule has 1 aromatic carbocycles. The lowest BCUT2D eigenvalue weighted by Gasteiger charge is -2.19. The largest absolute Gasteiger partial charge is 0.542 e. The van der Waals surface area contributed by atoms with E-state index in [1.54, 1.807) is 19.6 Å². The van der Waals surface area contributed by atoms with Crippen molar-refractivity contribution in [2.24, 2.45) is 0 Å². The minimum Gasteiger partial charge on any atom is -0.542 e. The first-order chi connectivity index (χ1) is 7.20. The molecule has 0 saturated heterocycles. The Kier molecular flexibility index (Phi) is 3.27. The van der Waals surface area contributed by atoms with Gasteiger partial charge in [-0.2, -0.15) is 4.39 Å². The molecule has 0 fully saturated rings. The topological polar surface area (TPSA) is 52.4 Å². The van der Waals surface area contributed by atoms with Crippen LogP contribution in [0.4, 0.5) is 14.5 Å². The van der Waals surface area contributed by atoms with E-state index in [1.165, 1.54) is 0 Å². The van der Waals surface area contributed by atoms with Crippen LogP contribution in [0.5, 0.6) is 5.75 Å². The molecule has 0 bridgehead atoms. The van der Waals surface area contributed by atoms with Gasteiger partial charge >= 0.3 is 5.69 Å². The zero-order valence-corrected chi connectivity index (χ0v) is 10.1. The molecular formula is C9H11F2NO3Si. The maximum absolute atomic E-state index is 13.3. The van der Waals surface area contributed by atoms with Crippen molar-refractivity contribution in [2.75, 3.05) is 0 Å². The zero-order valence-electron chi connectivity index (χ0n) is 9.08. The molecule has 4 nitrogen and oxygen atoms in total. The number of nitro groups is 1. The van der Waals surface area contributed by atoms with Gasteiger partial charge in [0.2, 0.25) is 14.1 Å². The summed E-state index contributed by atoms with van der Waals surface area (Å²) in [5, 5.41) is 10.4. The predicted octanol–water partition coefficient (Wildman–Crippen LogP) is 3.09. The van der Waals surface area contributed by atoms with Crippen molar-refractivity contribution in [1.82, 2.24) is 0 Å². The fraction of sp³-hybridized carbons (Fsp3) is 0.333. The quantitative estimate of drug-likeness (QED) is 0.468. The third-order valence-electron chi connectivity index (χ3n) is 1.61. The molecule has 1 rings (SSSR count). The highest BCUT2D eigenvalue weighted by Crippen LogP contribution is 2.28. The van der Waals surface area contributed by atoms with Crippen LogP contribution < -0.4 is 4.43 Å². The molecule has 1 aromatic rings. The lowest BCUT2D eigenvalue weighted by atomic mass is 10.3. The van der Waals surface area contributed by atoms with Crippen molar-refractivity contribution >= 4 is 14.0 Å². The fourth-order valence-electron chi connectivity index (χ4n) is 1.07. The zero-order chi connectivity index (χ0) is 12.5. The monoisotopic (exact) mass is 247 g/mol. The lowest BCUT2D eigenvalue weighted by molar-refractivity contribution is -0.387. The second-order valence-corrected chi connectivity index (χ2v) is 8.63. The Bertz CT molecular complexity index is 431. The Labute approximate surface area is 92.1 Å². The van der Waals surface area contributed by atoms with E-state index in [9.17, 15) is 18.9 Å². The molecule has 16 heavy (non-hydrogen) atoms. The predicted molar refractivity (Wildman–Crippen MR) is 57.0 cm³/mol. The van der Waals surface area contributed by atoms with Gasteiger partial charge in [-0.1, -0.05) is 0 Å². The summed E-state index contributed by atoms with van der Waals surface area (Å²) in [7, 11) is -2.09. The summed E-state index contributed by atoms with van der Waals surface area (Å²) in [6.07, 6.45) is 0. The molecule has 0 aliphatic rings. The van der Waals surface area contributed by atoms with Gasteiger partial charge < -0.3 is 4.43 Å². The molecule has 0 spiro atoms. The number of benzene rings is 1. The fourth-order valence-corrected chi connectivity index (χ4v) is 1.88. The molecule has 0 atom stereocenters. The molecule has 0 aliphatic heterocycles. The Morgan fingerprint density at radius 3 is 2.25 bits per heavy atom. The maximum atomic E-state index is 13.3. The molecule has 0 N–H and O–H groups in total. The Balaban J connectivity index is 3.20. The van der Waals surface area contributed by atoms with Gasteiger partial charge in [-0.15, -0.1) is 0 Å². The van der Waals surface area contributed by atoms with Crippen LogP contribution in [0.1, 0.15) is 0 Å². The number of halogens is 2. The van der Waals surface area contributed by atoms with Crippen molar-refractivity contribution in [2.45, 2.75) is 19.6 Å². The molecule has 7 heteroatoms. The summed E-state index contributed by atoms with van der Waals surface area (Å²) >= 11 is 0. The van der Waals surface area contributed by atoms with Crippen molar-refractivity contribution < 1.29 is 18.1 Å². The van der Waals surface area contributed by atoms with E-state index in [1.807, 2.05) is 0 Å². The van der Waals surface area contributed by atoms with Crippen LogP contribution in [-0.2, 0) is 0 Å². The summed E-state index contributed by atoms with van der Waals surface area (Å²) in [4.78, 5) is 9.54. The van der Waals surface area contributed by atoms with Crippen LogP contribution in [0.15, 0.2) is 12.1 Å². The molecule has 0 aliphatic carbocycles. The van der Waals surface area contributed by atoms with Gasteiger partial charge in [0.05, 0.1) is 11.0 Å². The smallest absolute Gasteiger partial charge is 0.308 e. The lowest BCUT2D eigenvalue weighted by Crippen LogP contribution is -2.29. The van der Waals surface area contributed by atoms with E-state index in [4.69, 9.17) is 4.43 Å². The molecule has 0 aromatic heterocycles. The van der Waals surface area contributed by atoms with Crippen LogP contribution in [0.2, 0.25) is 19.6 Å². The molecule has 0 saturated carbocycles. The maximum Gasteiger partial charge on any atom is 0.308 e. The normalized spacial score (nSPS) is 11.3. The molecule has 88 valence electrons. The Hall–Kier alpha value is -1.50.